The van der Waals surface area contributed by atoms with E-state index in [0.29, 0.717) is 26.3 Å². The van der Waals surface area contributed by atoms with Gasteiger partial charge in [0.1, 0.15) is 18.2 Å². The lowest BCUT2D eigenvalue weighted by molar-refractivity contribution is -0.111. The fraction of sp³-hybridized carbons (Fsp3) is 0.542. The lowest BCUT2D eigenvalue weighted by Gasteiger charge is -2.45. The van der Waals surface area contributed by atoms with Gasteiger partial charge in [-0.05, 0) is 45.9 Å². The van der Waals surface area contributed by atoms with Crippen LogP contribution >= 0.6 is 0 Å². The average molecular weight is 541 g/mol. The number of sulfone groups is 1. The second-order valence-electron chi connectivity index (χ2n) is 9.68. The lowest BCUT2D eigenvalue weighted by Crippen LogP contribution is -2.59. The van der Waals surface area contributed by atoms with Crippen LogP contribution < -0.4 is 10.1 Å². The maximum atomic E-state index is 15.3. The monoisotopic (exact) mass is 540 g/mol. The number of nitrogens with zero attached hydrogens (tertiary/aromatic N) is 3. The maximum Gasteiger partial charge on any atom is 0.410 e. The number of fused-ring (bicyclic) bond motifs is 2. The van der Waals surface area contributed by atoms with Crippen molar-refractivity contribution in [3.05, 3.63) is 36.2 Å². The summed E-state index contributed by atoms with van der Waals surface area (Å²) in [7, 11) is -3.67. The molecule has 1 N–H and O–H groups in total. The zero-order valence-electron chi connectivity index (χ0n) is 21.0. The molecule has 0 radical (unpaired) electrons. The van der Waals surface area contributed by atoms with Crippen LogP contribution in [-0.4, -0.2) is 73.1 Å². The quantitative estimate of drug-likeness (QED) is 0.562. The van der Waals surface area contributed by atoms with Gasteiger partial charge in [0.2, 0.25) is 5.82 Å². The number of anilines is 2. The van der Waals surface area contributed by atoms with Crippen molar-refractivity contribution in [2.45, 2.75) is 50.0 Å². The molecule has 2 aliphatic heterocycles. The number of benzene rings is 1. The molecule has 0 aliphatic carbocycles. The van der Waals surface area contributed by atoms with E-state index >= 15 is 4.39 Å². The van der Waals surface area contributed by atoms with Crippen molar-refractivity contribution >= 4 is 27.4 Å². The lowest BCUT2D eigenvalue weighted by atomic mass is 9.84. The number of hydrogen-bond donors (Lipinski definition) is 1. The third-order valence-electron chi connectivity index (χ3n) is 6.25. The van der Waals surface area contributed by atoms with Crippen molar-refractivity contribution < 1.29 is 36.2 Å². The van der Waals surface area contributed by atoms with Crippen LogP contribution in [0, 0.1) is 23.5 Å². The van der Waals surface area contributed by atoms with Crippen molar-refractivity contribution in [2.75, 3.05) is 31.6 Å². The van der Waals surface area contributed by atoms with E-state index in [-0.39, 0.29) is 40.2 Å². The van der Waals surface area contributed by atoms with Crippen molar-refractivity contribution in [3.8, 4) is 5.88 Å². The summed E-state index contributed by atoms with van der Waals surface area (Å²) in [4.78, 5) is 21.6. The van der Waals surface area contributed by atoms with Gasteiger partial charge >= 0.3 is 6.09 Å². The first-order valence-corrected chi connectivity index (χ1v) is 13.5. The standard InChI is InChI=1S/C24H30F2N4O6S/c1-13(2)35-24(31)30-8-15-10-34-11-16(9-30)21(15)36-23-20(26)22(27-12-28-23)29-19-6-5-17(7-18(19)25)37(32,33)14(3)4/h5-7,12-16,21H,8-11H2,1-4H3,(H,27,28,29). The van der Waals surface area contributed by atoms with Crippen LogP contribution in [0.5, 0.6) is 5.88 Å². The molecule has 10 nitrogen and oxygen atoms in total. The van der Waals surface area contributed by atoms with Crippen LogP contribution in [-0.2, 0) is 19.3 Å². The maximum absolute atomic E-state index is 15.3. The third kappa shape index (κ3) is 5.77. The molecule has 13 heteroatoms. The fourth-order valence-corrected chi connectivity index (χ4v) is 5.41. The van der Waals surface area contributed by atoms with Gasteiger partial charge in [-0.3, -0.25) is 0 Å². The van der Waals surface area contributed by atoms with Crippen molar-refractivity contribution in [2.24, 2.45) is 11.8 Å². The Bertz CT molecular complexity index is 1250. The topological polar surface area (TPSA) is 120 Å². The van der Waals surface area contributed by atoms with E-state index in [1.54, 1.807) is 18.7 Å². The summed E-state index contributed by atoms with van der Waals surface area (Å²) in [5.74, 6) is -2.92. The molecule has 2 saturated heterocycles. The van der Waals surface area contributed by atoms with Gasteiger partial charge in [0.15, 0.2) is 15.7 Å². The minimum absolute atomic E-state index is 0.159. The average Bonchev–Trinajstić information content (AvgIpc) is 2.81. The largest absolute Gasteiger partial charge is 0.471 e. The van der Waals surface area contributed by atoms with Crippen LogP contribution in [0.3, 0.4) is 0 Å². The molecule has 2 atom stereocenters. The minimum atomic E-state index is -3.67. The number of piperidine rings is 1. The predicted octanol–water partition coefficient (Wildman–Crippen LogP) is 3.55. The number of hydrogen-bond acceptors (Lipinski definition) is 9. The first kappa shape index (κ1) is 27.0. The van der Waals surface area contributed by atoms with Gasteiger partial charge in [-0.25, -0.2) is 22.6 Å². The molecule has 2 fully saturated rings. The Labute approximate surface area is 214 Å². The summed E-state index contributed by atoms with van der Waals surface area (Å²) in [6, 6.07) is 3.34. The number of carbonyl (C=O) groups is 1. The number of likely N-dealkylation sites (tertiary alicyclic amines) is 1. The van der Waals surface area contributed by atoms with Gasteiger partial charge in [-0.2, -0.15) is 9.37 Å². The van der Waals surface area contributed by atoms with E-state index in [1.165, 1.54) is 26.0 Å². The second kappa shape index (κ2) is 10.7. The molecule has 1 amide bonds. The Morgan fingerprint density at radius 1 is 1.14 bits per heavy atom. The normalized spacial score (nSPS) is 21.7. The van der Waals surface area contributed by atoms with E-state index in [2.05, 4.69) is 15.3 Å². The highest BCUT2D eigenvalue weighted by Crippen LogP contribution is 2.34. The van der Waals surface area contributed by atoms with Gasteiger partial charge in [0.25, 0.3) is 5.88 Å². The van der Waals surface area contributed by atoms with Gasteiger partial charge in [-0.1, -0.05) is 0 Å². The number of carbonyl (C=O) groups excluding carboxylic acids is 1. The molecule has 2 aliphatic rings. The first-order chi connectivity index (χ1) is 17.5. The Balaban J connectivity index is 1.50. The number of rotatable bonds is 7. The Kier molecular flexibility index (Phi) is 7.83. The number of nitrogens with one attached hydrogen (secondary N) is 1. The number of ether oxygens (including phenoxy) is 3. The summed E-state index contributed by atoms with van der Waals surface area (Å²) in [6.45, 7) is 7.83. The SMILES string of the molecule is CC(C)OC(=O)N1CC2COCC(C1)C2Oc1ncnc(Nc2ccc(S(=O)(=O)C(C)C)cc2F)c1F. The van der Waals surface area contributed by atoms with E-state index < -0.39 is 38.9 Å². The van der Waals surface area contributed by atoms with Gasteiger partial charge in [-0.15, -0.1) is 0 Å². The molecule has 0 saturated carbocycles. The van der Waals surface area contributed by atoms with Crippen LogP contribution in [0.15, 0.2) is 29.4 Å². The Morgan fingerprint density at radius 2 is 1.81 bits per heavy atom. The first-order valence-electron chi connectivity index (χ1n) is 12.0. The van der Waals surface area contributed by atoms with Gasteiger partial charge < -0.3 is 24.4 Å². The summed E-state index contributed by atoms with van der Waals surface area (Å²) in [6.07, 6.45) is -0.0533. The molecule has 37 heavy (non-hydrogen) atoms. The van der Waals surface area contributed by atoms with E-state index in [4.69, 9.17) is 14.2 Å². The molecule has 0 spiro atoms. The highest BCUT2D eigenvalue weighted by Gasteiger charge is 2.44. The van der Waals surface area contributed by atoms with Crippen LogP contribution in [0.1, 0.15) is 27.7 Å². The van der Waals surface area contributed by atoms with Crippen molar-refractivity contribution in [1.29, 1.82) is 0 Å². The molecule has 4 rings (SSSR count). The third-order valence-corrected chi connectivity index (χ3v) is 8.40. The number of halogens is 2. The van der Waals surface area contributed by atoms with Crippen molar-refractivity contribution in [1.82, 2.24) is 14.9 Å². The molecule has 1 aromatic carbocycles. The van der Waals surface area contributed by atoms with E-state index in [9.17, 15) is 17.6 Å². The summed E-state index contributed by atoms with van der Waals surface area (Å²) >= 11 is 0. The molecule has 3 heterocycles. The van der Waals surface area contributed by atoms with E-state index in [0.717, 1.165) is 12.4 Å². The van der Waals surface area contributed by atoms with Crippen molar-refractivity contribution in [3.63, 3.8) is 0 Å². The zero-order chi connectivity index (χ0) is 26.9. The molecule has 2 unspecified atom stereocenters. The molecule has 2 bridgehead atoms. The fourth-order valence-electron chi connectivity index (χ4n) is 4.34. The molecular formula is C24H30F2N4O6S. The van der Waals surface area contributed by atoms with Gasteiger partial charge in [0, 0.05) is 24.9 Å². The smallest absolute Gasteiger partial charge is 0.410 e. The highest BCUT2D eigenvalue weighted by molar-refractivity contribution is 7.92. The Hall–Kier alpha value is -3.06. The number of aromatic nitrogens is 2. The minimum Gasteiger partial charge on any atom is -0.471 e. The highest BCUT2D eigenvalue weighted by atomic mass is 32.2. The molecule has 1 aromatic heterocycles. The summed E-state index contributed by atoms with van der Waals surface area (Å²) in [5.41, 5.74) is -0.159. The second-order valence-corrected chi connectivity index (χ2v) is 12.2. The Morgan fingerprint density at radius 3 is 2.41 bits per heavy atom. The predicted molar refractivity (Wildman–Crippen MR) is 129 cm³/mol. The zero-order valence-corrected chi connectivity index (χ0v) is 21.8. The molecule has 2 aromatic rings. The van der Waals surface area contributed by atoms with Gasteiger partial charge in [0.05, 0.1) is 35.2 Å². The van der Waals surface area contributed by atoms with Crippen LogP contribution in [0.4, 0.5) is 25.1 Å². The molecule has 202 valence electrons. The van der Waals surface area contributed by atoms with E-state index in [1.807, 2.05) is 0 Å². The molecular weight excluding hydrogens is 510 g/mol. The van der Waals surface area contributed by atoms with Crippen LogP contribution in [0.2, 0.25) is 0 Å². The van der Waals surface area contributed by atoms with Crippen LogP contribution in [0.25, 0.3) is 0 Å². The summed E-state index contributed by atoms with van der Waals surface area (Å²) < 4.78 is 71.5. The summed E-state index contributed by atoms with van der Waals surface area (Å²) in [5, 5.41) is 1.83. The number of amides is 1.